The number of anilines is 1. The van der Waals surface area contributed by atoms with Crippen molar-refractivity contribution in [1.82, 2.24) is 0 Å². The molecule has 0 radical (unpaired) electrons. The van der Waals surface area contributed by atoms with Crippen LogP contribution in [-0.2, 0) is 0 Å². The first-order valence-electron chi connectivity index (χ1n) is 4.82. The molecular weight excluding hydrogens is 214 g/mol. The Labute approximate surface area is 95.0 Å². The van der Waals surface area contributed by atoms with Gasteiger partial charge in [-0.05, 0) is 18.1 Å². The summed E-state index contributed by atoms with van der Waals surface area (Å²) in [6, 6.07) is 5.79. The Morgan fingerprint density at radius 3 is 2.86 bits per heavy atom. The molecule has 3 heteroatoms. The first kappa shape index (κ1) is 11.7. The first-order chi connectivity index (χ1) is 6.65. The van der Waals surface area contributed by atoms with Crippen molar-refractivity contribution in [3.8, 4) is 0 Å². The second-order valence-corrected chi connectivity index (χ2v) is 4.95. The Hall–Kier alpha value is -0.340. The van der Waals surface area contributed by atoms with E-state index in [1.807, 2.05) is 18.2 Å². The quantitative estimate of drug-likeness (QED) is 0.623. The van der Waals surface area contributed by atoms with Crippen molar-refractivity contribution in [1.29, 1.82) is 0 Å². The van der Waals surface area contributed by atoms with E-state index in [1.54, 1.807) is 11.8 Å². The maximum atomic E-state index is 5.92. The number of rotatable bonds is 4. The molecule has 1 nitrogen and oxygen atoms in total. The van der Waals surface area contributed by atoms with Crippen molar-refractivity contribution in [3.05, 3.63) is 23.2 Å². The highest BCUT2D eigenvalue weighted by Gasteiger charge is 2.05. The summed E-state index contributed by atoms with van der Waals surface area (Å²) in [7, 11) is 0. The molecule has 0 fully saturated rings. The second-order valence-electron chi connectivity index (χ2n) is 3.48. The third-order valence-electron chi connectivity index (χ3n) is 2.23. The van der Waals surface area contributed by atoms with E-state index in [0.717, 1.165) is 16.6 Å². The molecule has 0 saturated carbocycles. The van der Waals surface area contributed by atoms with Gasteiger partial charge in [0.2, 0.25) is 0 Å². The maximum absolute atomic E-state index is 5.92. The molecule has 2 N–H and O–H groups in total. The SMILES string of the molecule is CCC(C)CSc1cccc(Cl)c1N. The van der Waals surface area contributed by atoms with E-state index < -0.39 is 0 Å². The van der Waals surface area contributed by atoms with E-state index in [0.29, 0.717) is 10.7 Å². The van der Waals surface area contributed by atoms with Gasteiger partial charge in [-0.1, -0.05) is 37.9 Å². The molecule has 1 aromatic carbocycles. The number of para-hydroxylation sites is 1. The van der Waals surface area contributed by atoms with Crippen molar-refractivity contribution in [2.45, 2.75) is 25.2 Å². The zero-order valence-corrected chi connectivity index (χ0v) is 10.2. The summed E-state index contributed by atoms with van der Waals surface area (Å²) in [6.45, 7) is 4.44. The molecule has 1 rings (SSSR count). The molecule has 0 saturated heterocycles. The predicted octanol–water partition coefficient (Wildman–Crippen LogP) is 4.06. The number of benzene rings is 1. The highest BCUT2D eigenvalue weighted by Crippen LogP contribution is 2.31. The number of thioether (sulfide) groups is 1. The lowest BCUT2D eigenvalue weighted by atomic mass is 10.2. The summed E-state index contributed by atoms with van der Waals surface area (Å²) in [5, 5.41) is 0.652. The fraction of sp³-hybridized carbons (Fsp3) is 0.455. The van der Waals surface area contributed by atoms with Gasteiger partial charge in [-0.3, -0.25) is 0 Å². The molecule has 0 bridgehead atoms. The summed E-state index contributed by atoms with van der Waals surface area (Å²) in [5.41, 5.74) is 6.57. The van der Waals surface area contributed by atoms with Gasteiger partial charge in [0.15, 0.2) is 0 Å². The normalized spacial score (nSPS) is 12.8. The number of nitrogens with two attached hydrogens (primary N) is 1. The van der Waals surface area contributed by atoms with Crippen molar-refractivity contribution < 1.29 is 0 Å². The van der Waals surface area contributed by atoms with Gasteiger partial charge in [-0.15, -0.1) is 11.8 Å². The van der Waals surface area contributed by atoms with E-state index in [9.17, 15) is 0 Å². The summed E-state index contributed by atoms with van der Waals surface area (Å²) < 4.78 is 0. The number of hydrogen-bond acceptors (Lipinski definition) is 2. The second kappa shape index (κ2) is 5.52. The monoisotopic (exact) mass is 229 g/mol. The Bertz CT molecular complexity index is 301. The minimum Gasteiger partial charge on any atom is -0.397 e. The zero-order chi connectivity index (χ0) is 10.6. The molecule has 78 valence electrons. The number of halogens is 1. The molecule has 0 aliphatic carbocycles. The largest absolute Gasteiger partial charge is 0.397 e. The third kappa shape index (κ3) is 3.10. The molecule has 1 unspecified atom stereocenters. The first-order valence-corrected chi connectivity index (χ1v) is 6.18. The van der Waals surface area contributed by atoms with Gasteiger partial charge in [0, 0.05) is 10.6 Å². The van der Waals surface area contributed by atoms with Gasteiger partial charge in [0.25, 0.3) is 0 Å². The van der Waals surface area contributed by atoms with Crippen LogP contribution in [0.2, 0.25) is 5.02 Å². The highest BCUT2D eigenvalue weighted by molar-refractivity contribution is 7.99. The lowest BCUT2D eigenvalue weighted by molar-refractivity contribution is 0.637. The minimum absolute atomic E-state index is 0.652. The van der Waals surface area contributed by atoms with Crippen molar-refractivity contribution >= 4 is 29.1 Å². The molecule has 1 aromatic rings. The lowest BCUT2D eigenvalue weighted by Gasteiger charge is -2.10. The van der Waals surface area contributed by atoms with Gasteiger partial charge in [0.1, 0.15) is 0 Å². The third-order valence-corrected chi connectivity index (χ3v) is 3.97. The van der Waals surface area contributed by atoms with E-state index in [-0.39, 0.29) is 0 Å². The van der Waals surface area contributed by atoms with E-state index in [1.165, 1.54) is 6.42 Å². The average Bonchev–Trinajstić information content (AvgIpc) is 2.20. The Morgan fingerprint density at radius 2 is 2.21 bits per heavy atom. The summed E-state index contributed by atoms with van der Waals surface area (Å²) in [6.07, 6.45) is 1.20. The van der Waals surface area contributed by atoms with Crippen molar-refractivity contribution in [2.24, 2.45) is 5.92 Å². The number of hydrogen-bond donors (Lipinski definition) is 1. The minimum atomic E-state index is 0.652. The molecule has 0 heterocycles. The summed E-state index contributed by atoms with van der Waals surface area (Å²) >= 11 is 7.71. The van der Waals surface area contributed by atoms with Crippen LogP contribution in [0.1, 0.15) is 20.3 Å². The molecule has 0 aliphatic heterocycles. The molecule has 1 atom stereocenters. The van der Waals surface area contributed by atoms with Crippen LogP contribution < -0.4 is 5.73 Å². The fourth-order valence-electron chi connectivity index (χ4n) is 0.993. The van der Waals surface area contributed by atoms with E-state index in [4.69, 9.17) is 17.3 Å². The van der Waals surface area contributed by atoms with Crippen LogP contribution in [0.4, 0.5) is 5.69 Å². The molecule has 0 amide bonds. The number of nitrogen functional groups attached to an aromatic ring is 1. The standard InChI is InChI=1S/C11H16ClNS/c1-3-8(2)7-14-10-6-4-5-9(12)11(10)13/h4-6,8H,3,7,13H2,1-2H3. The highest BCUT2D eigenvalue weighted by atomic mass is 35.5. The summed E-state index contributed by atoms with van der Waals surface area (Å²) in [4.78, 5) is 1.10. The smallest absolute Gasteiger partial charge is 0.0646 e. The lowest BCUT2D eigenvalue weighted by Crippen LogP contribution is -1.97. The van der Waals surface area contributed by atoms with E-state index >= 15 is 0 Å². The van der Waals surface area contributed by atoms with Gasteiger partial charge >= 0.3 is 0 Å². The molecule has 0 aliphatic rings. The van der Waals surface area contributed by atoms with Crippen molar-refractivity contribution in [2.75, 3.05) is 11.5 Å². The Morgan fingerprint density at radius 1 is 1.50 bits per heavy atom. The Kier molecular flexibility index (Phi) is 4.63. The predicted molar refractivity (Wildman–Crippen MR) is 66.0 cm³/mol. The molecule has 14 heavy (non-hydrogen) atoms. The topological polar surface area (TPSA) is 26.0 Å². The van der Waals surface area contributed by atoms with E-state index in [2.05, 4.69) is 13.8 Å². The van der Waals surface area contributed by atoms with Gasteiger partial charge in [0.05, 0.1) is 10.7 Å². The average molecular weight is 230 g/mol. The molecule has 0 aromatic heterocycles. The van der Waals surface area contributed by atoms with Crippen LogP contribution in [0, 0.1) is 5.92 Å². The van der Waals surface area contributed by atoms with Crippen LogP contribution in [0.5, 0.6) is 0 Å². The van der Waals surface area contributed by atoms with Crippen LogP contribution in [-0.4, -0.2) is 5.75 Å². The van der Waals surface area contributed by atoms with Gasteiger partial charge in [-0.2, -0.15) is 0 Å². The Balaban J connectivity index is 2.63. The zero-order valence-electron chi connectivity index (χ0n) is 8.59. The molecular formula is C11H16ClNS. The summed E-state index contributed by atoms with van der Waals surface area (Å²) in [5.74, 6) is 1.82. The fourth-order valence-corrected chi connectivity index (χ4v) is 2.36. The van der Waals surface area contributed by atoms with Crippen LogP contribution in [0.15, 0.2) is 23.1 Å². The van der Waals surface area contributed by atoms with Crippen LogP contribution in [0.25, 0.3) is 0 Å². The van der Waals surface area contributed by atoms with Gasteiger partial charge in [-0.25, -0.2) is 0 Å². The maximum Gasteiger partial charge on any atom is 0.0646 e. The van der Waals surface area contributed by atoms with Crippen LogP contribution in [0.3, 0.4) is 0 Å². The molecule has 0 spiro atoms. The van der Waals surface area contributed by atoms with Crippen molar-refractivity contribution in [3.63, 3.8) is 0 Å². The van der Waals surface area contributed by atoms with Gasteiger partial charge < -0.3 is 5.73 Å². The van der Waals surface area contributed by atoms with Crippen LogP contribution >= 0.6 is 23.4 Å².